The van der Waals surface area contributed by atoms with Crippen molar-refractivity contribution >= 4 is 5.78 Å². The summed E-state index contributed by atoms with van der Waals surface area (Å²) in [7, 11) is 0. The molecule has 1 aromatic carbocycles. The Kier molecular flexibility index (Phi) is 3.69. The summed E-state index contributed by atoms with van der Waals surface area (Å²) in [5, 5.41) is 0. The average Bonchev–Trinajstić information content (AvgIpc) is 2.15. The van der Waals surface area contributed by atoms with Crippen LogP contribution in [0.4, 0.5) is 0 Å². The number of ketones is 1. The molecule has 0 unspecified atom stereocenters. The van der Waals surface area contributed by atoms with E-state index in [2.05, 4.69) is 19.9 Å². The van der Waals surface area contributed by atoms with E-state index < -0.39 is 0 Å². The topological polar surface area (TPSA) is 17.1 Å². The lowest BCUT2D eigenvalue weighted by molar-refractivity contribution is 0.0975. The van der Waals surface area contributed by atoms with E-state index in [0.717, 1.165) is 12.0 Å². The van der Waals surface area contributed by atoms with Gasteiger partial charge in [0, 0.05) is 12.0 Å². The number of hydrogen-bond acceptors (Lipinski definition) is 1. The van der Waals surface area contributed by atoms with Gasteiger partial charge in [0.15, 0.2) is 5.78 Å². The third-order valence-electron chi connectivity index (χ3n) is 1.99. The van der Waals surface area contributed by atoms with Crippen LogP contribution in [0.15, 0.2) is 24.3 Å². The second-order valence-corrected chi connectivity index (χ2v) is 3.64. The first-order valence-corrected chi connectivity index (χ1v) is 4.69. The number of rotatable bonds is 4. The van der Waals surface area contributed by atoms with Crippen molar-refractivity contribution in [1.29, 1.82) is 0 Å². The molecule has 0 aromatic heterocycles. The zero-order chi connectivity index (χ0) is 9.68. The maximum Gasteiger partial charge on any atom is 0.162 e. The fraction of sp³-hybridized carbons (Fsp3) is 0.417. The molecule has 0 aliphatic carbocycles. The van der Waals surface area contributed by atoms with Gasteiger partial charge in [-0.2, -0.15) is 0 Å². The zero-order valence-corrected chi connectivity index (χ0v) is 8.21. The van der Waals surface area contributed by atoms with Crippen LogP contribution in [-0.2, 0) is 0 Å². The summed E-state index contributed by atoms with van der Waals surface area (Å²) in [5.41, 5.74) is 0.805. The molecule has 0 bridgehead atoms. The molecular weight excluding hydrogens is 160 g/mol. The van der Waals surface area contributed by atoms with Crippen molar-refractivity contribution in [3.63, 3.8) is 0 Å². The molecule has 0 spiro atoms. The van der Waals surface area contributed by atoms with Gasteiger partial charge < -0.3 is 0 Å². The van der Waals surface area contributed by atoms with Crippen LogP contribution in [0.5, 0.6) is 0 Å². The summed E-state index contributed by atoms with van der Waals surface area (Å²) in [6.07, 6.45) is 1.62. The lowest BCUT2D eigenvalue weighted by Crippen LogP contribution is -2.00. The number of carbonyl (C=O) groups excluding carboxylic acids is 1. The quantitative estimate of drug-likeness (QED) is 0.642. The normalized spacial score (nSPS) is 10.4. The summed E-state index contributed by atoms with van der Waals surface area (Å²) < 4.78 is 0. The van der Waals surface area contributed by atoms with Crippen molar-refractivity contribution in [2.75, 3.05) is 0 Å². The number of carbonyl (C=O) groups is 1. The molecule has 1 aromatic rings. The van der Waals surface area contributed by atoms with Crippen molar-refractivity contribution in [3.05, 3.63) is 35.9 Å². The molecule has 1 heteroatoms. The number of benzene rings is 1. The van der Waals surface area contributed by atoms with Gasteiger partial charge >= 0.3 is 0 Å². The van der Waals surface area contributed by atoms with Crippen molar-refractivity contribution < 1.29 is 4.79 Å². The maximum absolute atomic E-state index is 11.5. The first kappa shape index (κ1) is 9.97. The highest BCUT2D eigenvalue weighted by Gasteiger charge is 2.05. The smallest absolute Gasteiger partial charge is 0.162 e. The van der Waals surface area contributed by atoms with Gasteiger partial charge in [0.25, 0.3) is 0 Å². The molecular formula is C12H15O. The summed E-state index contributed by atoms with van der Waals surface area (Å²) in [4.78, 5) is 11.5. The molecule has 0 amide bonds. The fourth-order valence-corrected chi connectivity index (χ4v) is 1.14. The SMILES string of the molecule is CC(C)CCC(=O)c1cc[c]cc1. The Hall–Kier alpha value is -1.11. The van der Waals surface area contributed by atoms with E-state index in [9.17, 15) is 4.79 Å². The largest absolute Gasteiger partial charge is 0.294 e. The van der Waals surface area contributed by atoms with Gasteiger partial charge in [-0.3, -0.25) is 4.79 Å². The molecule has 0 saturated carbocycles. The van der Waals surface area contributed by atoms with Gasteiger partial charge in [0.1, 0.15) is 0 Å². The van der Waals surface area contributed by atoms with Crippen molar-refractivity contribution in [2.24, 2.45) is 5.92 Å². The van der Waals surface area contributed by atoms with Gasteiger partial charge in [-0.15, -0.1) is 0 Å². The molecule has 1 nitrogen and oxygen atoms in total. The van der Waals surface area contributed by atoms with Crippen molar-refractivity contribution in [3.8, 4) is 0 Å². The van der Waals surface area contributed by atoms with Gasteiger partial charge in [-0.25, -0.2) is 0 Å². The second-order valence-electron chi connectivity index (χ2n) is 3.64. The van der Waals surface area contributed by atoms with Crippen molar-refractivity contribution in [2.45, 2.75) is 26.7 Å². The Morgan fingerprint density at radius 3 is 2.54 bits per heavy atom. The first-order valence-electron chi connectivity index (χ1n) is 4.69. The Morgan fingerprint density at radius 1 is 1.38 bits per heavy atom. The number of Topliss-reactive ketones (excluding diaryl/α,β-unsaturated/α-hetero) is 1. The van der Waals surface area contributed by atoms with Gasteiger partial charge in [-0.05, 0) is 18.4 Å². The molecule has 0 aliphatic heterocycles. The van der Waals surface area contributed by atoms with E-state index in [4.69, 9.17) is 0 Å². The van der Waals surface area contributed by atoms with Crippen LogP contribution in [0.25, 0.3) is 0 Å². The molecule has 0 saturated heterocycles. The third-order valence-corrected chi connectivity index (χ3v) is 1.99. The Balaban J connectivity index is 2.50. The van der Waals surface area contributed by atoms with Gasteiger partial charge in [0.05, 0.1) is 0 Å². The number of hydrogen-bond donors (Lipinski definition) is 0. The van der Waals surface area contributed by atoms with E-state index in [1.54, 1.807) is 12.1 Å². The molecule has 1 rings (SSSR count). The lowest BCUT2D eigenvalue weighted by atomic mass is 10.0. The summed E-state index contributed by atoms with van der Waals surface area (Å²) >= 11 is 0. The standard InChI is InChI=1S/C12H15O/c1-10(2)8-9-12(13)11-6-4-3-5-7-11/h4-7,10H,8-9H2,1-2H3. The average molecular weight is 175 g/mol. The molecule has 0 heterocycles. The zero-order valence-electron chi connectivity index (χ0n) is 8.21. The van der Waals surface area contributed by atoms with Crippen LogP contribution >= 0.6 is 0 Å². The minimum Gasteiger partial charge on any atom is -0.294 e. The Labute approximate surface area is 79.8 Å². The van der Waals surface area contributed by atoms with E-state index >= 15 is 0 Å². The van der Waals surface area contributed by atoms with Crippen LogP contribution in [0, 0.1) is 12.0 Å². The predicted octanol–water partition coefficient (Wildman–Crippen LogP) is 3.11. The fourth-order valence-electron chi connectivity index (χ4n) is 1.14. The molecule has 1 radical (unpaired) electrons. The summed E-state index contributed by atoms with van der Waals surface area (Å²) in [6.45, 7) is 4.26. The summed E-state index contributed by atoms with van der Waals surface area (Å²) in [5.74, 6) is 0.835. The second kappa shape index (κ2) is 4.80. The molecule has 0 atom stereocenters. The van der Waals surface area contributed by atoms with E-state index in [0.29, 0.717) is 12.3 Å². The molecule has 0 N–H and O–H groups in total. The monoisotopic (exact) mass is 175 g/mol. The van der Waals surface area contributed by atoms with Crippen LogP contribution < -0.4 is 0 Å². The van der Waals surface area contributed by atoms with Crippen LogP contribution in [-0.4, -0.2) is 5.78 Å². The maximum atomic E-state index is 11.5. The minimum atomic E-state index is 0.239. The molecule has 13 heavy (non-hydrogen) atoms. The van der Waals surface area contributed by atoms with Gasteiger partial charge in [0.2, 0.25) is 0 Å². The lowest BCUT2D eigenvalue weighted by Gasteiger charge is -2.03. The highest BCUT2D eigenvalue weighted by Crippen LogP contribution is 2.09. The minimum absolute atomic E-state index is 0.239. The van der Waals surface area contributed by atoms with Crippen LogP contribution in [0.2, 0.25) is 0 Å². The van der Waals surface area contributed by atoms with Crippen LogP contribution in [0.1, 0.15) is 37.0 Å². The van der Waals surface area contributed by atoms with Crippen molar-refractivity contribution in [1.82, 2.24) is 0 Å². The van der Waals surface area contributed by atoms with E-state index in [1.165, 1.54) is 0 Å². The molecule has 0 aliphatic rings. The Bertz CT molecular complexity index is 262. The Morgan fingerprint density at radius 2 is 2.00 bits per heavy atom. The molecule has 69 valence electrons. The predicted molar refractivity (Wildman–Crippen MR) is 53.7 cm³/mol. The summed E-state index contributed by atoms with van der Waals surface area (Å²) in [6, 6.07) is 10.1. The van der Waals surface area contributed by atoms with E-state index in [-0.39, 0.29) is 5.78 Å². The third kappa shape index (κ3) is 3.41. The highest BCUT2D eigenvalue weighted by molar-refractivity contribution is 5.95. The first-order chi connectivity index (χ1) is 6.20. The highest BCUT2D eigenvalue weighted by atomic mass is 16.1. The van der Waals surface area contributed by atoms with Crippen LogP contribution in [0.3, 0.4) is 0 Å². The van der Waals surface area contributed by atoms with E-state index in [1.807, 2.05) is 12.1 Å². The van der Waals surface area contributed by atoms with Gasteiger partial charge in [-0.1, -0.05) is 38.1 Å². The molecule has 0 fully saturated rings.